The van der Waals surface area contributed by atoms with Gasteiger partial charge in [-0.1, -0.05) is 40.9 Å². The van der Waals surface area contributed by atoms with Crippen molar-refractivity contribution in [2.24, 2.45) is 4.99 Å². The highest BCUT2D eigenvalue weighted by molar-refractivity contribution is 6.37. The minimum absolute atomic E-state index is 0.0132. The van der Waals surface area contributed by atoms with E-state index in [-0.39, 0.29) is 37.9 Å². The molecule has 2 amide bonds. The van der Waals surface area contributed by atoms with Crippen molar-refractivity contribution in [3.05, 3.63) is 90.9 Å². The fourth-order valence-corrected chi connectivity index (χ4v) is 3.50. The minimum atomic E-state index is -1.03. The lowest BCUT2D eigenvalue weighted by molar-refractivity contribution is -0.384. The summed E-state index contributed by atoms with van der Waals surface area (Å²) in [7, 11) is 1.10. The van der Waals surface area contributed by atoms with Gasteiger partial charge < -0.3 is 14.8 Å². The highest BCUT2D eigenvalue weighted by Crippen LogP contribution is 2.40. The molecule has 176 valence electrons. The molecule has 0 radical (unpaired) electrons. The van der Waals surface area contributed by atoms with E-state index >= 15 is 0 Å². The molecular formula is C21H12Cl3F2N3O5. The summed E-state index contributed by atoms with van der Waals surface area (Å²) in [6.07, 6.45) is 0. The van der Waals surface area contributed by atoms with Crippen LogP contribution in [0.15, 0.2) is 53.5 Å². The Morgan fingerprint density at radius 2 is 1.65 bits per heavy atom. The van der Waals surface area contributed by atoms with E-state index in [4.69, 9.17) is 44.3 Å². The van der Waals surface area contributed by atoms with Crippen molar-refractivity contribution < 1.29 is 28.0 Å². The molecule has 0 aliphatic heterocycles. The number of aliphatic imine (C=N–C) groups is 1. The van der Waals surface area contributed by atoms with E-state index < -0.39 is 34.1 Å². The van der Waals surface area contributed by atoms with Crippen molar-refractivity contribution >= 4 is 58.1 Å². The first kappa shape index (κ1) is 25.2. The SMILES string of the molecule is COC(=NC(=O)Nc1cc(Cl)c(Oc2ccc([N+](=O)[O-])c(Cl)c2)c(Cl)c1)c1c(F)cccc1F. The van der Waals surface area contributed by atoms with Crippen molar-refractivity contribution in [2.45, 2.75) is 0 Å². The number of urea groups is 1. The van der Waals surface area contributed by atoms with E-state index in [0.29, 0.717) is 0 Å². The van der Waals surface area contributed by atoms with Gasteiger partial charge in [0.2, 0.25) is 5.90 Å². The molecule has 8 nitrogen and oxygen atoms in total. The number of hydrogen-bond donors (Lipinski definition) is 1. The number of carbonyl (C=O) groups excluding carboxylic acids is 1. The Labute approximate surface area is 205 Å². The van der Waals surface area contributed by atoms with E-state index in [2.05, 4.69) is 10.3 Å². The van der Waals surface area contributed by atoms with Gasteiger partial charge in [0.05, 0.1) is 22.1 Å². The Kier molecular flexibility index (Phi) is 7.87. The molecule has 0 saturated heterocycles. The van der Waals surface area contributed by atoms with Gasteiger partial charge in [0.25, 0.3) is 5.69 Å². The van der Waals surface area contributed by atoms with E-state index in [1.165, 1.54) is 24.3 Å². The summed E-state index contributed by atoms with van der Waals surface area (Å²) in [6, 6.07) is 8.32. The van der Waals surface area contributed by atoms with Gasteiger partial charge in [-0.15, -0.1) is 0 Å². The maximum Gasteiger partial charge on any atom is 0.348 e. The molecule has 3 rings (SSSR count). The predicted octanol–water partition coefficient (Wildman–Crippen LogP) is 7.25. The molecule has 1 N–H and O–H groups in total. The highest BCUT2D eigenvalue weighted by atomic mass is 35.5. The number of ether oxygens (including phenoxy) is 2. The van der Waals surface area contributed by atoms with Crippen LogP contribution in [-0.4, -0.2) is 24.0 Å². The second-order valence-corrected chi connectivity index (χ2v) is 7.61. The number of amides is 2. The van der Waals surface area contributed by atoms with Crippen LogP contribution >= 0.6 is 34.8 Å². The van der Waals surface area contributed by atoms with Crippen molar-refractivity contribution in [3.63, 3.8) is 0 Å². The highest BCUT2D eigenvalue weighted by Gasteiger charge is 2.19. The van der Waals surface area contributed by atoms with Crippen LogP contribution in [0.5, 0.6) is 11.5 Å². The Balaban J connectivity index is 1.82. The molecule has 0 atom stereocenters. The quantitative estimate of drug-likeness (QED) is 0.162. The molecule has 0 heterocycles. The number of anilines is 1. The maximum absolute atomic E-state index is 14.0. The third kappa shape index (κ3) is 5.71. The molecule has 0 unspecified atom stereocenters. The van der Waals surface area contributed by atoms with E-state index in [1.807, 2.05) is 0 Å². The Morgan fingerprint density at radius 3 is 2.18 bits per heavy atom. The number of rotatable bonds is 5. The number of nitrogens with zero attached hydrogens (tertiary/aromatic N) is 2. The lowest BCUT2D eigenvalue weighted by Gasteiger charge is -2.12. The fourth-order valence-electron chi connectivity index (χ4n) is 2.70. The normalized spacial score (nSPS) is 11.2. The first-order chi connectivity index (χ1) is 16.1. The largest absolute Gasteiger partial charge is 0.480 e. The monoisotopic (exact) mass is 529 g/mol. The molecule has 0 spiro atoms. The number of benzene rings is 3. The summed E-state index contributed by atoms with van der Waals surface area (Å²) in [5.74, 6) is -2.40. The smallest absolute Gasteiger partial charge is 0.348 e. The topological polar surface area (TPSA) is 103 Å². The molecule has 34 heavy (non-hydrogen) atoms. The van der Waals surface area contributed by atoms with Gasteiger partial charge in [0.1, 0.15) is 28.0 Å². The lowest BCUT2D eigenvalue weighted by Crippen LogP contribution is -2.15. The lowest BCUT2D eigenvalue weighted by atomic mass is 10.2. The zero-order valence-corrected chi connectivity index (χ0v) is 19.2. The molecule has 0 aliphatic carbocycles. The van der Waals surface area contributed by atoms with Crippen LogP contribution in [0.1, 0.15) is 5.56 Å². The first-order valence-electron chi connectivity index (χ1n) is 9.09. The van der Waals surface area contributed by atoms with Crippen molar-refractivity contribution in [3.8, 4) is 11.5 Å². The zero-order valence-electron chi connectivity index (χ0n) is 16.9. The molecule has 13 heteroatoms. The van der Waals surface area contributed by atoms with Gasteiger partial charge in [0, 0.05) is 17.8 Å². The Hall–Kier alpha value is -3.47. The Bertz CT molecular complexity index is 1280. The third-order valence-corrected chi connectivity index (χ3v) is 5.02. The number of nitro benzene ring substituents is 1. The average Bonchev–Trinajstić information content (AvgIpc) is 2.75. The molecule has 0 fully saturated rings. The molecular weight excluding hydrogens is 519 g/mol. The van der Waals surface area contributed by atoms with Crippen molar-refractivity contribution in [1.82, 2.24) is 0 Å². The minimum Gasteiger partial charge on any atom is -0.480 e. The van der Waals surface area contributed by atoms with Crippen LogP contribution in [0.3, 0.4) is 0 Å². The molecule has 0 aromatic heterocycles. The number of hydrogen-bond acceptors (Lipinski definition) is 5. The number of nitrogens with one attached hydrogen (secondary N) is 1. The summed E-state index contributed by atoms with van der Waals surface area (Å²) in [5, 5.41) is 13.0. The van der Waals surface area contributed by atoms with Crippen molar-refractivity contribution in [2.75, 3.05) is 12.4 Å². The van der Waals surface area contributed by atoms with Gasteiger partial charge in [0.15, 0.2) is 5.75 Å². The van der Waals surface area contributed by atoms with E-state index in [9.17, 15) is 23.7 Å². The van der Waals surface area contributed by atoms with Gasteiger partial charge in [-0.3, -0.25) is 10.1 Å². The van der Waals surface area contributed by atoms with Gasteiger partial charge >= 0.3 is 6.03 Å². The third-order valence-electron chi connectivity index (χ3n) is 4.16. The number of halogens is 5. The van der Waals surface area contributed by atoms with Crippen LogP contribution in [0, 0.1) is 21.7 Å². The maximum atomic E-state index is 14.0. The van der Waals surface area contributed by atoms with E-state index in [1.54, 1.807) is 0 Å². The van der Waals surface area contributed by atoms with Crippen molar-refractivity contribution in [1.29, 1.82) is 0 Å². The van der Waals surface area contributed by atoms with Crippen LogP contribution < -0.4 is 10.1 Å². The standard InChI is InChI=1S/C21H12Cl3F2N3O5/c1-33-20(18-15(25)3-2-4-16(18)26)28-21(30)27-10-7-13(23)19(14(24)8-10)34-11-5-6-17(29(31)32)12(22)9-11/h2-9H,1H3,(H,27,30). The van der Waals surface area contributed by atoms with Gasteiger partial charge in [-0.25, -0.2) is 13.6 Å². The second kappa shape index (κ2) is 10.6. The van der Waals surface area contributed by atoms with Gasteiger partial charge in [-0.2, -0.15) is 4.99 Å². The molecule has 0 aliphatic rings. The van der Waals surface area contributed by atoms with E-state index in [0.717, 1.165) is 31.4 Å². The van der Waals surface area contributed by atoms with Crippen LogP contribution in [0.4, 0.5) is 25.0 Å². The van der Waals surface area contributed by atoms with Gasteiger partial charge in [-0.05, 0) is 30.3 Å². The summed E-state index contributed by atoms with van der Waals surface area (Å²) in [6.45, 7) is 0. The summed E-state index contributed by atoms with van der Waals surface area (Å²) < 4.78 is 38.3. The summed E-state index contributed by atoms with van der Waals surface area (Å²) in [5.41, 5.74) is -0.834. The molecule has 3 aromatic carbocycles. The zero-order chi connectivity index (χ0) is 25.0. The molecule has 0 bridgehead atoms. The second-order valence-electron chi connectivity index (χ2n) is 6.39. The van der Waals surface area contributed by atoms with Crippen LogP contribution in [0.25, 0.3) is 0 Å². The predicted molar refractivity (Wildman–Crippen MR) is 124 cm³/mol. The number of carbonyl (C=O) groups is 1. The van der Waals surface area contributed by atoms with Crippen LogP contribution in [0.2, 0.25) is 15.1 Å². The first-order valence-corrected chi connectivity index (χ1v) is 10.2. The van der Waals surface area contributed by atoms with Crippen LogP contribution in [-0.2, 0) is 4.74 Å². The molecule has 0 saturated carbocycles. The summed E-state index contributed by atoms with van der Waals surface area (Å²) >= 11 is 18.3. The number of nitro groups is 1. The average molecular weight is 531 g/mol. The molecule has 3 aromatic rings. The Morgan fingerprint density at radius 1 is 1.03 bits per heavy atom. The number of methoxy groups -OCH3 is 1. The fraction of sp³-hybridized carbons (Fsp3) is 0.0476. The summed E-state index contributed by atoms with van der Waals surface area (Å²) in [4.78, 5) is 26.1.